The van der Waals surface area contributed by atoms with Gasteiger partial charge in [0.1, 0.15) is 11.4 Å². The number of Topliss-reactive ketones (excluding diaryl/α,β-unsaturated/α-hetero) is 1. The van der Waals surface area contributed by atoms with Crippen molar-refractivity contribution in [3.05, 3.63) is 34.1 Å². The molecule has 0 spiro atoms. The van der Waals surface area contributed by atoms with Crippen LogP contribution in [0.5, 0.6) is 0 Å². The van der Waals surface area contributed by atoms with E-state index in [0.717, 1.165) is 0 Å². The lowest BCUT2D eigenvalue weighted by Gasteiger charge is -2.15. The number of halogens is 2. The van der Waals surface area contributed by atoms with Gasteiger partial charge in [0, 0.05) is 10.9 Å². The van der Waals surface area contributed by atoms with E-state index in [1.165, 1.54) is 26.0 Å². The Morgan fingerprint density at radius 3 is 2.60 bits per heavy atom. The molecule has 0 radical (unpaired) electrons. The Balaban J connectivity index is 2.87. The van der Waals surface area contributed by atoms with Gasteiger partial charge in [0.05, 0.1) is 0 Å². The van der Waals surface area contributed by atoms with Crippen molar-refractivity contribution in [3.63, 3.8) is 0 Å². The number of hydrogen-bond acceptors (Lipinski definition) is 2. The first-order valence-corrected chi connectivity index (χ1v) is 5.29. The van der Waals surface area contributed by atoms with Crippen molar-refractivity contribution in [3.8, 4) is 0 Å². The van der Waals surface area contributed by atoms with Gasteiger partial charge in [-0.05, 0) is 31.5 Å². The highest BCUT2D eigenvalue weighted by atomic mass is 79.9. The summed E-state index contributed by atoms with van der Waals surface area (Å²) in [5.74, 6) is -0.842. The highest BCUT2D eigenvalue weighted by Gasteiger charge is 2.24. The lowest BCUT2D eigenvalue weighted by Crippen LogP contribution is -2.32. The van der Waals surface area contributed by atoms with Crippen molar-refractivity contribution >= 4 is 21.7 Å². The highest BCUT2D eigenvalue weighted by molar-refractivity contribution is 9.10. The molecule has 0 saturated carbocycles. The second-order valence-corrected chi connectivity index (χ2v) is 4.81. The molecule has 0 aliphatic rings. The van der Waals surface area contributed by atoms with E-state index in [4.69, 9.17) is 0 Å². The second kappa shape index (κ2) is 4.41. The number of hydrogen-bond donors (Lipinski definition) is 1. The van der Waals surface area contributed by atoms with E-state index >= 15 is 0 Å². The molecule has 2 nitrogen and oxygen atoms in total. The van der Waals surface area contributed by atoms with E-state index < -0.39 is 17.2 Å². The smallest absolute Gasteiger partial charge is 0.168 e. The number of ketones is 1. The zero-order chi connectivity index (χ0) is 11.6. The number of benzene rings is 1. The average molecular weight is 275 g/mol. The van der Waals surface area contributed by atoms with Gasteiger partial charge in [0.15, 0.2) is 5.78 Å². The van der Waals surface area contributed by atoms with Crippen LogP contribution in [0.2, 0.25) is 0 Å². The molecule has 0 unspecified atom stereocenters. The minimum Gasteiger partial charge on any atom is -0.383 e. The van der Waals surface area contributed by atoms with Crippen molar-refractivity contribution in [2.75, 3.05) is 0 Å². The summed E-state index contributed by atoms with van der Waals surface area (Å²) in [5, 5.41) is 9.41. The fourth-order valence-electron chi connectivity index (χ4n) is 1.05. The summed E-state index contributed by atoms with van der Waals surface area (Å²) in [4.78, 5) is 11.4. The monoisotopic (exact) mass is 274 g/mol. The van der Waals surface area contributed by atoms with E-state index in [0.29, 0.717) is 10.0 Å². The van der Waals surface area contributed by atoms with Gasteiger partial charge in [-0.3, -0.25) is 4.79 Å². The molecular formula is C11H12BrFO2. The lowest BCUT2D eigenvalue weighted by atomic mass is 9.97. The van der Waals surface area contributed by atoms with Crippen molar-refractivity contribution in [1.29, 1.82) is 0 Å². The minimum atomic E-state index is -1.42. The van der Waals surface area contributed by atoms with Crippen LogP contribution in [0.3, 0.4) is 0 Å². The summed E-state index contributed by atoms with van der Waals surface area (Å²) in [6.45, 7) is 2.79. The third-order valence-electron chi connectivity index (χ3n) is 2.05. The Labute approximate surface area is 96.2 Å². The molecule has 0 aromatic heterocycles. The van der Waals surface area contributed by atoms with Crippen molar-refractivity contribution < 1.29 is 14.3 Å². The lowest BCUT2D eigenvalue weighted by molar-refractivity contribution is -0.133. The van der Waals surface area contributed by atoms with E-state index in [-0.39, 0.29) is 6.42 Å². The molecule has 0 heterocycles. The van der Waals surface area contributed by atoms with Crippen LogP contribution in [-0.2, 0) is 11.2 Å². The molecule has 0 bridgehead atoms. The quantitative estimate of drug-likeness (QED) is 0.920. The first-order chi connectivity index (χ1) is 6.80. The Bertz CT molecular complexity index is 383. The second-order valence-electron chi connectivity index (χ2n) is 3.89. The summed E-state index contributed by atoms with van der Waals surface area (Å²) in [7, 11) is 0. The number of carbonyl (C=O) groups excluding carboxylic acids is 1. The van der Waals surface area contributed by atoms with Gasteiger partial charge in [-0.1, -0.05) is 22.0 Å². The first-order valence-electron chi connectivity index (χ1n) is 4.50. The summed E-state index contributed by atoms with van der Waals surface area (Å²) >= 11 is 3.13. The number of carbonyl (C=O) groups is 1. The van der Waals surface area contributed by atoms with Crippen LogP contribution in [0.15, 0.2) is 22.7 Å². The predicted octanol–water partition coefficient (Wildman–Crippen LogP) is 2.47. The van der Waals surface area contributed by atoms with Crippen LogP contribution in [0, 0.1) is 5.82 Å². The fraction of sp³-hybridized carbons (Fsp3) is 0.364. The van der Waals surface area contributed by atoms with Gasteiger partial charge in [-0.15, -0.1) is 0 Å². The van der Waals surface area contributed by atoms with Gasteiger partial charge in [-0.2, -0.15) is 0 Å². The maximum atomic E-state index is 13.3. The van der Waals surface area contributed by atoms with Crippen LogP contribution in [0.1, 0.15) is 19.4 Å². The van der Waals surface area contributed by atoms with Gasteiger partial charge >= 0.3 is 0 Å². The number of rotatable bonds is 3. The van der Waals surface area contributed by atoms with Gasteiger partial charge in [-0.25, -0.2) is 4.39 Å². The molecule has 1 aromatic carbocycles. The third kappa shape index (κ3) is 3.39. The Morgan fingerprint density at radius 1 is 1.53 bits per heavy atom. The summed E-state index contributed by atoms with van der Waals surface area (Å²) < 4.78 is 14.0. The average Bonchev–Trinajstić information content (AvgIpc) is 2.08. The molecule has 1 N–H and O–H groups in total. The molecule has 15 heavy (non-hydrogen) atoms. The van der Waals surface area contributed by atoms with E-state index in [2.05, 4.69) is 15.9 Å². The molecule has 0 aliphatic carbocycles. The zero-order valence-corrected chi connectivity index (χ0v) is 10.1. The third-order valence-corrected chi connectivity index (χ3v) is 2.54. The van der Waals surface area contributed by atoms with Crippen molar-refractivity contribution in [2.24, 2.45) is 0 Å². The number of aliphatic hydroxyl groups is 1. The molecular weight excluding hydrogens is 263 g/mol. The zero-order valence-electron chi connectivity index (χ0n) is 8.55. The maximum absolute atomic E-state index is 13.3. The van der Waals surface area contributed by atoms with Crippen LogP contribution < -0.4 is 0 Å². The largest absolute Gasteiger partial charge is 0.383 e. The van der Waals surface area contributed by atoms with Gasteiger partial charge in [0.25, 0.3) is 0 Å². The van der Waals surface area contributed by atoms with Gasteiger partial charge in [0.2, 0.25) is 0 Å². The molecule has 82 valence electrons. The standard InChI is InChI=1S/C11H12BrFO2/c1-11(2,15)10(14)5-7-3-4-8(12)6-9(7)13/h3-4,6,15H,5H2,1-2H3. The fourth-order valence-corrected chi connectivity index (χ4v) is 1.39. The normalized spacial score (nSPS) is 11.5. The molecule has 0 atom stereocenters. The van der Waals surface area contributed by atoms with Crippen LogP contribution in [0.25, 0.3) is 0 Å². The predicted molar refractivity (Wildman–Crippen MR) is 59.1 cm³/mol. The first kappa shape index (κ1) is 12.3. The summed E-state index contributed by atoms with van der Waals surface area (Å²) in [6.07, 6.45) is -0.0946. The van der Waals surface area contributed by atoms with Crippen molar-refractivity contribution in [2.45, 2.75) is 25.9 Å². The maximum Gasteiger partial charge on any atom is 0.168 e. The summed E-state index contributed by atoms with van der Waals surface area (Å²) in [6, 6.07) is 4.49. The van der Waals surface area contributed by atoms with E-state index in [1.54, 1.807) is 6.07 Å². The Morgan fingerprint density at radius 2 is 2.13 bits per heavy atom. The van der Waals surface area contributed by atoms with Crippen molar-refractivity contribution in [1.82, 2.24) is 0 Å². The van der Waals surface area contributed by atoms with Crippen LogP contribution >= 0.6 is 15.9 Å². The molecule has 4 heteroatoms. The van der Waals surface area contributed by atoms with Gasteiger partial charge < -0.3 is 5.11 Å². The molecule has 0 fully saturated rings. The Kier molecular flexibility index (Phi) is 3.62. The molecule has 0 saturated heterocycles. The highest BCUT2D eigenvalue weighted by Crippen LogP contribution is 2.17. The minimum absolute atomic E-state index is 0.0946. The van der Waals surface area contributed by atoms with E-state index in [9.17, 15) is 14.3 Å². The van der Waals surface area contributed by atoms with Crippen LogP contribution in [-0.4, -0.2) is 16.5 Å². The molecule has 0 amide bonds. The molecule has 0 aliphatic heterocycles. The Hall–Kier alpha value is -0.740. The topological polar surface area (TPSA) is 37.3 Å². The summed E-state index contributed by atoms with van der Waals surface area (Å²) in [5.41, 5.74) is -1.12. The SMILES string of the molecule is CC(C)(O)C(=O)Cc1ccc(Br)cc1F. The van der Waals surface area contributed by atoms with E-state index in [1.807, 2.05) is 0 Å². The van der Waals surface area contributed by atoms with Crippen LogP contribution in [0.4, 0.5) is 4.39 Å². The molecule has 1 rings (SSSR count). The molecule has 1 aromatic rings.